The lowest BCUT2D eigenvalue weighted by atomic mass is 10.1. The Morgan fingerprint density at radius 1 is 1.17 bits per heavy atom. The molecule has 0 aliphatic heterocycles. The minimum Gasteiger partial charge on any atom is -0.493 e. The highest BCUT2D eigenvalue weighted by molar-refractivity contribution is 14.0. The van der Waals surface area contributed by atoms with Gasteiger partial charge in [0, 0.05) is 27.2 Å². The molecule has 1 rings (SSSR count). The maximum Gasteiger partial charge on any atom is 0.191 e. The van der Waals surface area contributed by atoms with Crippen molar-refractivity contribution < 1.29 is 9.47 Å². The Morgan fingerprint density at radius 2 is 1.79 bits per heavy atom. The van der Waals surface area contributed by atoms with Gasteiger partial charge < -0.3 is 20.1 Å². The molecule has 0 spiro atoms. The van der Waals surface area contributed by atoms with Crippen molar-refractivity contribution in [2.75, 3.05) is 33.9 Å². The van der Waals surface area contributed by atoms with Gasteiger partial charge in [-0.2, -0.15) is 0 Å². The molecule has 0 heterocycles. The monoisotopic (exact) mass is 449 g/mol. The number of guanidine groups is 1. The SMILES string of the molecule is CN=C(NCCCOc1c(C)cccc1C)NCC(C)(C)OC.I. The highest BCUT2D eigenvalue weighted by atomic mass is 127. The fourth-order valence-corrected chi connectivity index (χ4v) is 2.07. The summed E-state index contributed by atoms with van der Waals surface area (Å²) in [5, 5.41) is 6.55. The van der Waals surface area contributed by atoms with E-state index in [-0.39, 0.29) is 29.6 Å². The van der Waals surface area contributed by atoms with E-state index in [0.29, 0.717) is 13.2 Å². The van der Waals surface area contributed by atoms with Crippen LogP contribution >= 0.6 is 24.0 Å². The van der Waals surface area contributed by atoms with Crippen LogP contribution < -0.4 is 15.4 Å². The lowest BCUT2D eigenvalue weighted by Gasteiger charge is -2.24. The number of nitrogens with zero attached hydrogens (tertiary/aromatic N) is 1. The van der Waals surface area contributed by atoms with Gasteiger partial charge in [-0.15, -0.1) is 24.0 Å². The zero-order valence-corrected chi connectivity index (χ0v) is 18.1. The Labute approximate surface area is 163 Å². The van der Waals surface area contributed by atoms with Crippen LogP contribution in [0.15, 0.2) is 23.2 Å². The van der Waals surface area contributed by atoms with Crippen molar-refractivity contribution in [3.8, 4) is 5.75 Å². The maximum atomic E-state index is 5.89. The molecule has 0 amide bonds. The molecule has 1 aromatic carbocycles. The number of hydrogen-bond donors (Lipinski definition) is 2. The van der Waals surface area contributed by atoms with Crippen LogP contribution in [-0.2, 0) is 4.74 Å². The largest absolute Gasteiger partial charge is 0.493 e. The number of aryl methyl sites for hydroxylation is 2. The number of nitrogens with one attached hydrogen (secondary N) is 2. The standard InChI is InChI=1S/C18H31N3O2.HI/c1-14-9-7-10-15(2)16(14)23-12-8-11-20-17(19-5)21-13-18(3,4)22-6;/h7,9-10H,8,11-13H2,1-6H3,(H2,19,20,21);1H. The predicted molar refractivity (Wildman–Crippen MR) is 112 cm³/mol. The predicted octanol–water partition coefficient (Wildman–Crippen LogP) is 3.28. The molecule has 0 aliphatic carbocycles. The molecule has 0 fully saturated rings. The summed E-state index contributed by atoms with van der Waals surface area (Å²) in [6.45, 7) is 10.4. The average molecular weight is 449 g/mol. The number of aliphatic imine (C=N–C) groups is 1. The van der Waals surface area contributed by atoms with Gasteiger partial charge in [0.25, 0.3) is 0 Å². The van der Waals surface area contributed by atoms with Gasteiger partial charge in [0.05, 0.1) is 12.2 Å². The summed E-state index contributed by atoms with van der Waals surface area (Å²) in [6.07, 6.45) is 0.905. The Balaban J connectivity index is 0.00000529. The third-order valence-corrected chi connectivity index (χ3v) is 3.73. The van der Waals surface area contributed by atoms with Gasteiger partial charge in [0.15, 0.2) is 5.96 Å². The van der Waals surface area contributed by atoms with Crippen molar-refractivity contribution in [2.45, 2.75) is 39.7 Å². The summed E-state index contributed by atoms with van der Waals surface area (Å²) in [5.74, 6) is 1.78. The number of rotatable bonds is 8. The van der Waals surface area contributed by atoms with Crippen molar-refractivity contribution in [3.05, 3.63) is 29.3 Å². The molecule has 24 heavy (non-hydrogen) atoms. The van der Waals surface area contributed by atoms with Crippen molar-refractivity contribution in [2.24, 2.45) is 4.99 Å². The molecule has 0 aliphatic rings. The highest BCUT2D eigenvalue weighted by Gasteiger charge is 2.16. The number of halogens is 1. The van der Waals surface area contributed by atoms with Crippen LogP contribution in [-0.4, -0.2) is 45.4 Å². The molecule has 0 radical (unpaired) electrons. The molecule has 138 valence electrons. The molecule has 6 heteroatoms. The van der Waals surface area contributed by atoms with Gasteiger partial charge in [-0.3, -0.25) is 4.99 Å². The molecule has 1 aromatic rings. The summed E-state index contributed by atoms with van der Waals surface area (Å²) in [4.78, 5) is 4.21. The quantitative estimate of drug-likeness (QED) is 0.277. The van der Waals surface area contributed by atoms with Gasteiger partial charge in [-0.05, 0) is 45.2 Å². The van der Waals surface area contributed by atoms with E-state index in [0.717, 1.165) is 24.7 Å². The van der Waals surface area contributed by atoms with E-state index in [9.17, 15) is 0 Å². The number of benzene rings is 1. The molecule has 0 saturated heterocycles. The molecule has 0 bridgehead atoms. The van der Waals surface area contributed by atoms with E-state index in [4.69, 9.17) is 9.47 Å². The van der Waals surface area contributed by atoms with Crippen molar-refractivity contribution in [1.29, 1.82) is 0 Å². The Bertz CT molecular complexity index is 499. The Hall–Kier alpha value is -1.02. The van der Waals surface area contributed by atoms with Crippen molar-refractivity contribution in [1.82, 2.24) is 10.6 Å². The van der Waals surface area contributed by atoms with Crippen LogP contribution in [0.25, 0.3) is 0 Å². The fourth-order valence-electron chi connectivity index (χ4n) is 2.07. The Kier molecular flexibility index (Phi) is 11.0. The number of methoxy groups -OCH3 is 1. The molecule has 0 atom stereocenters. The summed E-state index contributed by atoms with van der Waals surface area (Å²) >= 11 is 0. The number of ether oxygens (including phenoxy) is 2. The van der Waals surface area contributed by atoms with Crippen LogP contribution in [0.4, 0.5) is 0 Å². The van der Waals surface area contributed by atoms with E-state index in [1.807, 2.05) is 13.8 Å². The molecule has 0 saturated carbocycles. The van der Waals surface area contributed by atoms with Crippen molar-refractivity contribution >= 4 is 29.9 Å². The smallest absolute Gasteiger partial charge is 0.191 e. The van der Waals surface area contributed by atoms with Crippen LogP contribution in [0.3, 0.4) is 0 Å². The molecular formula is C18H32IN3O2. The van der Waals surface area contributed by atoms with E-state index >= 15 is 0 Å². The minimum atomic E-state index is -0.219. The second kappa shape index (κ2) is 11.5. The molecule has 0 aromatic heterocycles. The zero-order chi connectivity index (χ0) is 17.3. The number of para-hydroxylation sites is 1. The topological polar surface area (TPSA) is 54.9 Å². The van der Waals surface area contributed by atoms with E-state index in [1.165, 1.54) is 11.1 Å². The van der Waals surface area contributed by atoms with Gasteiger partial charge >= 0.3 is 0 Å². The van der Waals surface area contributed by atoms with Gasteiger partial charge in [-0.25, -0.2) is 0 Å². The van der Waals surface area contributed by atoms with Gasteiger partial charge in [0.2, 0.25) is 0 Å². The van der Waals surface area contributed by atoms with Crippen LogP contribution in [0, 0.1) is 13.8 Å². The second-order valence-electron chi connectivity index (χ2n) is 6.24. The molecule has 0 unspecified atom stereocenters. The first kappa shape index (κ1) is 23.0. The third kappa shape index (κ3) is 8.19. The fraction of sp³-hybridized carbons (Fsp3) is 0.611. The first-order chi connectivity index (χ1) is 10.9. The maximum absolute atomic E-state index is 5.89. The minimum absolute atomic E-state index is 0. The van der Waals surface area contributed by atoms with Crippen LogP contribution in [0.1, 0.15) is 31.4 Å². The number of hydrogen-bond acceptors (Lipinski definition) is 3. The normalized spacial score (nSPS) is 11.7. The first-order valence-electron chi connectivity index (χ1n) is 8.08. The second-order valence-corrected chi connectivity index (χ2v) is 6.24. The molecule has 2 N–H and O–H groups in total. The van der Waals surface area contributed by atoms with E-state index in [1.54, 1.807) is 14.2 Å². The van der Waals surface area contributed by atoms with Crippen molar-refractivity contribution in [3.63, 3.8) is 0 Å². The molecular weight excluding hydrogens is 417 g/mol. The van der Waals surface area contributed by atoms with Gasteiger partial charge in [0.1, 0.15) is 5.75 Å². The lowest BCUT2D eigenvalue weighted by Crippen LogP contribution is -2.45. The average Bonchev–Trinajstić information content (AvgIpc) is 2.52. The summed E-state index contributed by atoms with van der Waals surface area (Å²) in [6, 6.07) is 6.20. The van der Waals surface area contributed by atoms with Crippen LogP contribution in [0.2, 0.25) is 0 Å². The van der Waals surface area contributed by atoms with Gasteiger partial charge in [-0.1, -0.05) is 18.2 Å². The third-order valence-electron chi connectivity index (χ3n) is 3.73. The summed E-state index contributed by atoms with van der Waals surface area (Å²) in [7, 11) is 3.48. The van der Waals surface area contributed by atoms with Crippen LogP contribution in [0.5, 0.6) is 5.75 Å². The summed E-state index contributed by atoms with van der Waals surface area (Å²) < 4.78 is 11.3. The molecule has 5 nitrogen and oxygen atoms in total. The first-order valence-corrected chi connectivity index (χ1v) is 8.08. The highest BCUT2D eigenvalue weighted by Crippen LogP contribution is 2.22. The lowest BCUT2D eigenvalue weighted by molar-refractivity contribution is 0.0268. The van der Waals surface area contributed by atoms with E-state index < -0.39 is 0 Å². The zero-order valence-electron chi connectivity index (χ0n) is 15.7. The summed E-state index contributed by atoms with van der Waals surface area (Å²) in [5.41, 5.74) is 2.14. The van der Waals surface area contributed by atoms with E-state index in [2.05, 4.69) is 47.7 Å². The Morgan fingerprint density at radius 3 is 2.33 bits per heavy atom.